The molecular formula is C25H33N3O5. The third-order valence-electron chi connectivity index (χ3n) is 6.19. The van der Waals surface area contributed by atoms with Crippen LogP contribution in [0.4, 0.5) is 10.5 Å². The van der Waals surface area contributed by atoms with Gasteiger partial charge in [-0.2, -0.15) is 0 Å². The predicted octanol–water partition coefficient (Wildman–Crippen LogP) is 3.97. The Hall–Kier alpha value is -3.42. The average Bonchev–Trinajstić information content (AvgIpc) is 2.83. The van der Waals surface area contributed by atoms with Gasteiger partial charge < -0.3 is 29.7 Å². The van der Waals surface area contributed by atoms with Crippen LogP contribution in [0.15, 0.2) is 36.4 Å². The fraction of sp³-hybridized carbons (Fsp3) is 0.440. The number of ether oxygens (including phenoxy) is 3. The van der Waals surface area contributed by atoms with Crippen molar-refractivity contribution < 1.29 is 23.8 Å². The maximum Gasteiger partial charge on any atom is 0.321 e. The Bertz CT molecular complexity index is 957. The summed E-state index contributed by atoms with van der Waals surface area (Å²) >= 11 is 0. The summed E-state index contributed by atoms with van der Waals surface area (Å²) in [5, 5.41) is 5.94. The quantitative estimate of drug-likeness (QED) is 0.660. The number of piperidine rings is 1. The van der Waals surface area contributed by atoms with Crippen molar-refractivity contribution in [3.05, 3.63) is 47.5 Å². The number of aryl methyl sites for hydroxylation is 1. The molecule has 1 fully saturated rings. The van der Waals surface area contributed by atoms with Crippen molar-refractivity contribution in [2.75, 3.05) is 39.7 Å². The van der Waals surface area contributed by atoms with Gasteiger partial charge in [0.2, 0.25) is 11.7 Å². The van der Waals surface area contributed by atoms with E-state index < -0.39 is 5.41 Å². The predicted molar refractivity (Wildman–Crippen MR) is 127 cm³/mol. The molecule has 0 radical (unpaired) electrons. The van der Waals surface area contributed by atoms with Crippen LogP contribution in [0.2, 0.25) is 0 Å². The zero-order valence-corrected chi connectivity index (χ0v) is 20.0. The number of amides is 3. The molecule has 3 amide bonds. The molecule has 2 N–H and O–H groups in total. The molecule has 1 aliphatic rings. The molecule has 0 aliphatic carbocycles. The lowest BCUT2D eigenvalue weighted by Gasteiger charge is -2.38. The monoisotopic (exact) mass is 455 g/mol. The second kappa shape index (κ2) is 10.5. The number of nitrogens with one attached hydrogen (secondary N) is 2. The van der Waals surface area contributed by atoms with E-state index in [1.807, 2.05) is 38.1 Å². The third-order valence-corrected chi connectivity index (χ3v) is 6.19. The van der Waals surface area contributed by atoms with E-state index in [2.05, 4.69) is 10.6 Å². The van der Waals surface area contributed by atoms with E-state index in [4.69, 9.17) is 14.2 Å². The highest BCUT2D eigenvalue weighted by molar-refractivity contribution is 5.90. The molecule has 2 aromatic rings. The summed E-state index contributed by atoms with van der Waals surface area (Å²) in [6.45, 7) is 5.48. The fourth-order valence-electron chi connectivity index (χ4n) is 3.89. The molecule has 0 saturated carbocycles. The molecule has 8 heteroatoms. The normalized spacial score (nSPS) is 14.9. The fourth-order valence-corrected chi connectivity index (χ4v) is 3.89. The maximum absolute atomic E-state index is 12.9. The van der Waals surface area contributed by atoms with Crippen LogP contribution in [0.1, 0.15) is 30.9 Å². The van der Waals surface area contributed by atoms with Gasteiger partial charge in [0, 0.05) is 37.2 Å². The molecule has 33 heavy (non-hydrogen) atoms. The van der Waals surface area contributed by atoms with Crippen LogP contribution in [-0.4, -0.2) is 51.3 Å². The minimum Gasteiger partial charge on any atom is -0.493 e. The zero-order valence-electron chi connectivity index (χ0n) is 20.0. The topological polar surface area (TPSA) is 89.1 Å². The van der Waals surface area contributed by atoms with Gasteiger partial charge in [-0.15, -0.1) is 0 Å². The van der Waals surface area contributed by atoms with Crippen molar-refractivity contribution in [3.8, 4) is 17.2 Å². The Morgan fingerprint density at radius 3 is 2.06 bits per heavy atom. The SMILES string of the molecule is COc1cc(NC(=O)N2CCC(C)(C(=O)NCc3ccc(C)cc3)CC2)cc(OC)c1OC. The largest absolute Gasteiger partial charge is 0.493 e. The molecule has 2 aromatic carbocycles. The molecule has 1 aliphatic heterocycles. The Morgan fingerprint density at radius 2 is 1.55 bits per heavy atom. The van der Waals surface area contributed by atoms with Crippen LogP contribution in [0, 0.1) is 12.3 Å². The van der Waals surface area contributed by atoms with E-state index in [0.29, 0.717) is 55.4 Å². The number of likely N-dealkylation sites (tertiary alicyclic amines) is 1. The summed E-state index contributed by atoms with van der Waals surface area (Å²) in [5.41, 5.74) is 2.29. The molecule has 0 aromatic heterocycles. The minimum atomic E-state index is -0.506. The highest BCUT2D eigenvalue weighted by atomic mass is 16.5. The van der Waals surface area contributed by atoms with Crippen molar-refractivity contribution in [3.63, 3.8) is 0 Å². The summed E-state index contributed by atoms with van der Waals surface area (Å²) in [4.78, 5) is 27.4. The smallest absolute Gasteiger partial charge is 0.321 e. The van der Waals surface area contributed by atoms with Gasteiger partial charge in [0.05, 0.1) is 27.0 Å². The van der Waals surface area contributed by atoms with Crippen molar-refractivity contribution in [2.45, 2.75) is 33.2 Å². The first-order chi connectivity index (χ1) is 15.8. The number of urea groups is 1. The number of methoxy groups -OCH3 is 3. The molecule has 3 rings (SSSR count). The van der Waals surface area contributed by atoms with Gasteiger partial charge in [-0.25, -0.2) is 4.79 Å². The number of hydrogen-bond acceptors (Lipinski definition) is 5. The van der Waals surface area contributed by atoms with E-state index in [9.17, 15) is 9.59 Å². The maximum atomic E-state index is 12.9. The third kappa shape index (κ3) is 5.69. The second-order valence-electron chi connectivity index (χ2n) is 8.56. The lowest BCUT2D eigenvalue weighted by atomic mass is 9.79. The second-order valence-corrected chi connectivity index (χ2v) is 8.56. The lowest BCUT2D eigenvalue weighted by molar-refractivity contribution is -0.132. The highest BCUT2D eigenvalue weighted by Gasteiger charge is 2.38. The van der Waals surface area contributed by atoms with Crippen LogP contribution >= 0.6 is 0 Å². The Kier molecular flexibility index (Phi) is 7.68. The summed E-state index contributed by atoms with van der Waals surface area (Å²) in [6, 6.07) is 11.3. The average molecular weight is 456 g/mol. The lowest BCUT2D eigenvalue weighted by Crippen LogP contribution is -2.49. The van der Waals surface area contributed by atoms with Crippen molar-refractivity contribution in [1.29, 1.82) is 0 Å². The van der Waals surface area contributed by atoms with Gasteiger partial charge >= 0.3 is 6.03 Å². The van der Waals surface area contributed by atoms with Crippen LogP contribution in [0.25, 0.3) is 0 Å². The van der Waals surface area contributed by atoms with Crippen LogP contribution in [0.3, 0.4) is 0 Å². The van der Waals surface area contributed by atoms with Crippen LogP contribution in [-0.2, 0) is 11.3 Å². The van der Waals surface area contributed by atoms with E-state index in [-0.39, 0.29) is 11.9 Å². The first-order valence-electron chi connectivity index (χ1n) is 11.0. The van der Waals surface area contributed by atoms with E-state index in [0.717, 1.165) is 5.56 Å². The van der Waals surface area contributed by atoms with Gasteiger partial charge in [0.1, 0.15) is 0 Å². The molecule has 0 spiro atoms. The number of benzene rings is 2. The van der Waals surface area contributed by atoms with E-state index in [1.165, 1.54) is 26.9 Å². The van der Waals surface area contributed by atoms with Crippen molar-refractivity contribution in [2.24, 2.45) is 5.41 Å². The van der Waals surface area contributed by atoms with E-state index >= 15 is 0 Å². The van der Waals surface area contributed by atoms with Gasteiger partial charge in [0.25, 0.3) is 0 Å². The van der Waals surface area contributed by atoms with Crippen molar-refractivity contribution >= 4 is 17.6 Å². The number of carbonyl (C=O) groups is 2. The molecule has 8 nitrogen and oxygen atoms in total. The van der Waals surface area contributed by atoms with Crippen molar-refractivity contribution in [1.82, 2.24) is 10.2 Å². The number of carbonyl (C=O) groups excluding carboxylic acids is 2. The molecule has 1 saturated heterocycles. The summed E-state index contributed by atoms with van der Waals surface area (Å²) < 4.78 is 16.0. The number of hydrogen-bond donors (Lipinski definition) is 2. The molecule has 178 valence electrons. The zero-order chi connectivity index (χ0) is 24.0. The number of rotatable bonds is 7. The Balaban J connectivity index is 1.57. The van der Waals surface area contributed by atoms with Gasteiger partial charge in [-0.1, -0.05) is 36.8 Å². The van der Waals surface area contributed by atoms with Crippen LogP contribution < -0.4 is 24.8 Å². The molecule has 0 unspecified atom stereocenters. The van der Waals surface area contributed by atoms with Gasteiger partial charge in [-0.05, 0) is 25.3 Å². The Morgan fingerprint density at radius 1 is 0.970 bits per heavy atom. The standard InChI is InChI=1S/C25H33N3O5/c1-17-6-8-18(9-7-17)16-26-23(29)25(2)10-12-28(13-11-25)24(30)27-19-14-20(31-3)22(33-5)21(15-19)32-4/h6-9,14-15H,10-13,16H2,1-5H3,(H,26,29)(H,27,30). The molecule has 1 heterocycles. The van der Waals surface area contributed by atoms with Gasteiger partial charge in [-0.3, -0.25) is 4.79 Å². The summed E-state index contributed by atoms with van der Waals surface area (Å²) in [6.07, 6.45) is 1.19. The Labute approximate surface area is 195 Å². The van der Waals surface area contributed by atoms with E-state index in [1.54, 1.807) is 17.0 Å². The molecular weight excluding hydrogens is 422 g/mol. The first-order valence-corrected chi connectivity index (χ1v) is 11.0. The van der Waals surface area contributed by atoms with Gasteiger partial charge in [0.15, 0.2) is 11.5 Å². The first kappa shape index (κ1) is 24.2. The summed E-state index contributed by atoms with van der Waals surface area (Å²) in [5.74, 6) is 1.41. The summed E-state index contributed by atoms with van der Waals surface area (Å²) in [7, 11) is 4.58. The molecule has 0 atom stereocenters. The minimum absolute atomic E-state index is 0.0211. The highest BCUT2D eigenvalue weighted by Crippen LogP contribution is 2.40. The van der Waals surface area contributed by atoms with Crippen LogP contribution in [0.5, 0.6) is 17.2 Å². The number of nitrogens with zero attached hydrogens (tertiary/aromatic N) is 1. The number of anilines is 1. The molecule has 0 bridgehead atoms.